The zero-order valence-electron chi connectivity index (χ0n) is 9.09. The summed E-state index contributed by atoms with van der Waals surface area (Å²) in [7, 11) is 0. The van der Waals surface area contributed by atoms with E-state index in [1.807, 2.05) is 28.7 Å². The van der Waals surface area contributed by atoms with E-state index in [-0.39, 0.29) is 5.75 Å². The zero-order valence-corrected chi connectivity index (χ0v) is 12.8. The Hall–Kier alpha value is -0.690. The molecule has 0 bridgehead atoms. The summed E-state index contributed by atoms with van der Waals surface area (Å²) in [6.45, 7) is 0. The lowest BCUT2D eigenvalue weighted by molar-refractivity contribution is 0.405. The summed E-state index contributed by atoms with van der Waals surface area (Å²) in [6, 6.07) is 9.55. The van der Waals surface area contributed by atoms with Crippen LogP contribution in [0.1, 0.15) is 5.56 Å². The number of benzene rings is 2. The highest BCUT2D eigenvalue weighted by molar-refractivity contribution is 14.1. The summed E-state index contributed by atoms with van der Waals surface area (Å²) in [5.74, 6) is -1.35. The highest BCUT2D eigenvalue weighted by Crippen LogP contribution is 2.31. The van der Waals surface area contributed by atoms with E-state index in [4.69, 9.17) is 4.74 Å². The van der Waals surface area contributed by atoms with Crippen LogP contribution in [-0.2, 0) is 5.33 Å². The van der Waals surface area contributed by atoms with Crippen molar-refractivity contribution in [2.24, 2.45) is 0 Å². The van der Waals surface area contributed by atoms with E-state index >= 15 is 0 Å². The largest absolute Gasteiger partial charge is 0.450 e. The van der Waals surface area contributed by atoms with Gasteiger partial charge in [-0.05, 0) is 52.4 Å². The van der Waals surface area contributed by atoms with Crippen LogP contribution in [0.5, 0.6) is 11.5 Å². The van der Waals surface area contributed by atoms with Gasteiger partial charge in [0.25, 0.3) is 0 Å². The molecule has 0 N–H and O–H groups in total. The molecule has 2 rings (SSSR count). The van der Waals surface area contributed by atoms with Gasteiger partial charge in [0.1, 0.15) is 5.75 Å². The standard InChI is InChI=1S/C13H8BrF2IO/c14-7-8-5-9(15)13(10(16)6-8)18-12-4-2-1-3-11(12)17/h1-6H,7H2. The number of halogens is 4. The average Bonchev–Trinajstić information content (AvgIpc) is 2.35. The van der Waals surface area contributed by atoms with E-state index in [2.05, 4.69) is 15.9 Å². The van der Waals surface area contributed by atoms with E-state index < -0.39 is 11.6 Å². The normalized spacial score (nSPS) is 10.4. The fourth-order valence-electron chi connectivity index (χ4n) is 1.42. The molecular formula is C13H8BrF2IO. The molecule has 1 nitrogen and oxygen atoms in total. The SMILES string of the molecule is Fc1cc(CBr)cc(F)c1Oc1ccccc1I. The molecule has 0 unspecified atom stereocenters. The molecule has 0 saturated heterocycles. The van der Waals surface area contributed by atoms with Crippen molar-refractivity contribution >= 4 is 38.5 Å². The Balaban J connectivity index is 2.38. The van der Waals surface area contributed by atoms with Gasteiger partial charge in [-0.25, -0.2) is 8.78 Å². The van der Waals surface area contributed by atoms with Crippen LogP contribution >= 0.6 is 38.5 Å². The minimum atomic E-state index is -0.705. The molecule has 0 aliphatic carbocycles. The molecule has 0 fully saturated rings. The molecule has 0 atom stereocenters. The van der Waals surface area contributed by atoms with Gasteiger partial charge in [-0.3, -0.25) is 0 Å². The van der Waals surface area contributed by atoms with Crippen molar-refractivity contribution in [3.05, 3.63) is 57.2 Å². The molecule has 0 heterocycles. The smallest absolute Gasteiger partial charge is 0.198 e. The topological polar surface area (TPSA) is 9.23 Å². The van der Waals surface area contributed by atoms with Gasteiger partial charge in [0.2, 0.25) is 0 Å². The fraction of sp³-hybridized carbons (Fsp3) is 0.0769. The molecular weight excluding hydrogens is 417 g/mol. The minimum Gasteiger partial charge on any atom is -0.450 e. The van der Waals surface area contributed by atoms with Crippen molar-refractivity contribution in [3.8, 4) is 11.5 Å². The maximum Gasteiger partial charge on any atom is 0.198 e. The van der Waals surface area contributed by atoms with Crippen LogP contribution in [0.15, 0.2) is 36.4 Å². The number of ether oxygens (including phenoxy) is 1. The molecule has 0 aliphatic rings. The monoisotopic (exact) mass is 424 g/mol. The molecule has 0 aliphatic heterocycles. The van der Waals surface area contributed by atoms with Crippen molar-refractivity contribution in [3.63, 3.8) is 0 Å². The third-order valence-corrected chi connectivity index (χ3v) is 3.80. The molecule has 5 heteroatoms. The first kappa shape index (κ1) is 13.7. The van der Waals surface area contributed by atoms with Crippen LogP contribution in [0.3, 0.4) is 0 Å². The minimum absolute atomic E-state index is 0.371. The van der Waals surface area contributed by atoms with Gasteiger partial charge in [0.05, 0.1) is 3.57 Å². The van der Waals surface area contributed by atoms with Gasteiger partial charge >= 0.3 is 0 Å². The van der Waals surface area contributed by atoms with Gasteiger partial charge in [-0.15, -0.1) is 0 Å². The van der Waals surface area contributed by atoms with Crippen LogP contribution in [0, 0.1) is 15.2 Å². The maximum absolute atomic E-state index is 13.7. The number of rotatable bonds is 3. The number of alkyl halides is 1. The van der Waals surface area contributed by atoms with E-state index in [0.29, 0.717) is 16.6 Å². The predicted molar refractivity (Wildman–Crippen MR) is 78.2 cm³/mol. The molecule has 0 saturated carbocycles. The van der Waals surface area contributed by atoms with Crippen LogP contribution in [0.4, 0.5) is 8.78 Å². The molecule has 0 aromatic heterocycles. The summed E-state index contributed by atoms with van der Waals surface area (Å²) in [5, 5.41) is 0.393. The molecule has 0 amide bonds. The third kappa shape index (κ3) is 3.00. The molecule has 0 spiro atoms. The lowest BCUT2D eigenvalue weighted by Gasteiger charge is -2.10. The van der Waals surface area contributed by atoms with E-state index in [0.717, 1.165) is 3.57 Å². The highest BCUT2D eigenvalue weighted by atomic mass is 127. The van der Waals surface area contributed by atoms with Crippen molar-refractivity contribution in [2.75, 3.05) is 0 Å². The summed E-state index contributed by atoms with van der Waals surface area (Å²) in [6.07, 6.45) is 0. The Kier molecular flexibility index (Phi) is 4.55. The number of hydrogen-bond donors (Lipinski definition) is 0. The van der Waals surface area contributed by atoms with Crippen LogP contribution in [0.25, 0.3) is 0 Å². The Morgan fingerprint density at radius 3 is 2.28 bits per heavy atom. The van der Waals surface area contributed by atoms with Gasteiger partial charge in [0.15, 0.2) is 17.4 Å². The molecule has 2 aromatic carbocycles. The number of hydrogen-bond acceptors (Lipinski definition) is 1. The second-order valence-electron chi connectivity index (χ2n) is 3.55. The summed E-state index contributed by atoms with van der Waals surface area (Å²) < 4.78 is 33.5. The Morgan fingerprint density at radius 2 is 1.72 bits per heavy atom. The fourth-order valence-corrected chi connectivity index (χ4v) is 2.25. The van der Waals surface area contributed by atoms with Crippen molar-refractivity contribution in [1.82, 2.24) is 0 Å². The molecule has 18 heavy (non-hydrogen) atoms. The highest BCUT2D eigenvalue weighted by Gasteiger charge is 2.14. The Morgan fingerprint density at radius 1 is 1.11 bits per heavy atom. The summed E-state index contributed by atoms with van der Waals surface area (Å²) in [4.78, 5) is 0. The Labute approximate surface area is 125 Å². The second-order valence-corrected chi connectivity index (χ2v) is 5.28. The van der Waals surface area contributed by atoms with E-state index in [9.17, 15) is 8.78 Å². The molecule has 2 aromatic rings. The van der Waals surface area contributed by atoms with Gasteiger partial charge in [0, 0.05) is 5.33 Å². The van der Waals surface area contributed by atoms with Crippen LogP contribution in [-0.4, -0.2) is 0 Å². The van der Waals surface area contributed by atoms with Crippen LogP contribution in [0.2, 0.25) is 0 Å². The van der Waals surface area contributed by atoms with E-state index in [1.165, 1.54) is 12.1 Å². The third-order valence-electron chi connectivity index (χ3n) is 2.26. The summed E-state index contributed by atoms with van der Waals surface area (Å²) in [5.41, 5.74) is 0.528. The zero-order chi connectivity index (χ0) is 13.1. The lowest BCUT2D eigenvalue weighted by atomic mass is 10.2. The van der Waals surface area contributed by atoms with E-state index in [1.54, 1.807) is 18.2 Å². The van der Waals surface area contributed by atoms with Crippen LogP contribution < -0.4 is 4.74 Å². The van der Waals surface area contributed by atoms with Gasteiger partial charge < -0.3 is 4.74 Å². The quantitative estimate of drug-likeness (QED) is 0.482. The van der Waals surface area contributed by atoms with Gasteiger partial charge in [-0.2, -0.15) is 0 Å². The number of para-hydroxylation sites is 1. The first-order valence-corrected chi connectivity index (χ1v) is 7.28. The Bertz CT molecular complexity index is 552. The summed E-state index contributed by atoms with van der Waals surface area (Å²) >= 11 is 5.20. The van der Waals surface area contributed by atoms with Crippen molar-refractivity contribution in [1.29, 1.82) is 0 Å². The van der Waals surface area contributed by atoms with Crippen molar-refractivity contribution in [2.45, 2.75) is 5.33 Å². The maximum atomic E-state index is 13.7. The molecule has 0 radical (unpaired) electrons. The average molecular weight is 425 g/mol. The lowest BCUT2D eigenvalue weighted by Crippen LogP contribution is -1.96. The second kappa shape index (κ2) is 5.97. The van der Waals surface area contributed by atoms with Gasteiger partial charge in [-0.1, -0.05) is 28.1 Å². The van der Waals surface area contributed by atoms with Crippen molar-refractivity contribution < 1.29 is 13.5 Å². The molecule has 94 valence electrons. The first-order valence-electron chi connectivity index (χ1n) is 5.08. The first-order chi connectivity index (χ1) is 8.61. The predicted octanol–water partition coefficient (Wildman–Crippen LogP) is 5.26.